The van der Waals surface area contributed by atoms with Gasteiger partial charge < -0.3 is 9.88 Å². The molecular weight excluding hydrogens is 314 g/mol. The summed E-state index contributed by atoms with van der Waals surface area (Å²) >= 11 is 5.82. The van der Waals surface area contributed by atoms with Crippen molar-refractivity contribution in [3.63, 3.8) is 0 Å². The second-order valence-electron chi connectivity index (χ2n) is 5.72. The highest BCUT2D eigenvalue weighted by atomic mass is 35.5. The van der Waals surface area contributed by atoms with Crippen LogP contribution in [0.5, 0.6) is 0 Å². The molecule has 1 N–H and O–H groups in total. The Morgan fingerprint density at radius 2 is 2.00 bits per heavy atom. The van der Waals surface area contributed by atoms with Crippen LogP contribution in [0.15, 0.2) is 47.4 Å². The van der Waals surface area contributed by atoms with E-state index >= 15 is 0 Å². The molecule has 120 valence electrons. The molecule has 0 bridgehead atoms. The second-order valence-corrected chi connectivity index (χ2v) is 6.13. The largest absolute Gasteiger partial charge is 0.335 e. The molecule has 1 atom stereocenters. The summed E-state index contributed by atoms with van der Waals surface area (Å²) in [4.78, 5) is 30.6. The fourth-order valence-corrected chi connectivity index (χ4v) is 3.03. The lowest BCUT2D eigenvalue weighted by Crippen LogP contribution is -2.49. The third kappa shape index (κ3) is 3.30. The van der Waals surface area contributed by atoms with Crippen molar-refractivity contribution in [3.8, 4) is 0 Å². The van der Waals surface area contributed by atoms with Crippen LogP contribution in [0.3, 0.4) is 0 Å². The first-order chi connectivity index (χ1) is 11.1. The van der Waals surface area contributed by atoms with Gasteiger partial charge in [-0.2, -0.15) is 0 Å². The molecule has 1 fully saturated rings. The van der Waals surface area contributed by atoms with Crippen LogP contribution in [0.1, 0.15) is 22.0 Å². The van der Waals surface area contributed by atoms with E-state index in [1.165, 1.54) is 17.8 Å². The van der Waals surface area contributed by atoms with Crippen LogP contribution < -0.4 is 5.56 Å². The second kappa shape index (κ2) is 6.56. The molecule has 1 aromatic carbocycles. The van der Waals surface area contributed by atoms with Crippen molar-refractivity contribution in [2.24, 2.45) is 0 Å². The smallest absolute Gasteiger partial charge is 0.266 e. The molecule has 6 heteroatoms. The van der Waals surface area contributed by atoms with E-state index in [-0.39, 0.29) is 22.5 Å². The number of H-pyrrole nitrogens is 1. The number of rotatable bonds is 2. The van der Waals surface area contributed by atoms with Gasteiger partial charge in [0.05, 0.1) is 11.6 Å². The lowest BCUT2D eigenvalue weighted by molar-refractivity contribution is 0.0546. The molecule has 0 radical (unpaired) electrons. The van der Waals surface area contributed by atoms with Crippen LogP contribution in [0.25, 0.3) is 0 Å². The molecule has 0 saturated carbocycles. The minimum absolute atomic E-state index is 0.0320. The predicted molar refractivity (Wildman–Crippen MR) is 89.8 cm³/mol. The number of benzene rings is 1. The average Bonchev–Trinajstić information content (AvgIpc) is 2.58. The Kier molecular flexibility index (Phi) is 4.50. The molecule has 23 heavy (non-hydrogen) atoms. The number of halogens is 1. The molecule has 2 aromatic rings. The number of nitrogens with zero attached hydrogens (tertiary/aromatic N) is 2. The number of piperazine rings is 1. The average molecular weight is 332 g/mol. The summed E-state index contributed by atoms with van der Waals surface area (Å²) in [6.07, 6.45) is 1.42. The molecule has 0 spiro atoms. The van der Waals surface area contributed by atoms with Crippen molar-refractivity contribution < 1.29 is 4.79 Å². The molecule has 1 aliphatic heterocycles. The van der Waals surface area contributed by atoms with Gasteiger partial charge in [0.15, 0.2) is 0 Å². The van der Waals surface area contributed by atoms with E-state index in [0.717, 1.165) is 6.54 Å². The third-order valence-corrected chi connectivity index (χ3v) is 4.51. The van der Waals surface area contributed by atoms with E-state index in [1.807, 2.05) is 23.1 Å². The van der Waals surface area contributed by atoms with Crippen molar-refractivity contribution in [1.82, 2.24) is 14.8 Å². The van der Waals surface area contributed by atoms with Crippen LogP contribution in [-0.2, 0) is 0 Å². The fourth-order valence-electron chi connectivity index (χ4n) is 2.86. The number of pyridine rings is 1. The van der Waals surface area contributed by atoms with Gasteiger partial charge in [0, 0.05) is 25.8 Å². The van der Waals surface area contributed by atoms with Crippen molar-refractivity contribution in [3.05, 3.63) is 69.1 Å². The number of carbonyl (C=O) groups excluding carboxylic acids is 1. The van der Waals surface area contributed by atoms with Gasteiger partial charge in [0.2, 0.25) is 0 Å². The van der Waals surface area contributed by atoms with E-state index in [1.54, 1.807) is 0 Å². The summed E-state index contributed by atoms with van der Waals surface area (Å²) < 4.78 is 0. The maximum Gasteiger partial charge on any atom is 0.266 e. The van der Waals surface area contributed by atoms with Gasteiger partial charge in [-0.15, -0.1) is 0 Å². The highest BCUT2D eigenvalue weighted by Crippen LogP contribution is 2.24. The first kappa shape index (κ1) is 15.8. The topological polar surface area (TPSA) is 56.4 Å². The molecule has 1 aliphatic rings. The Morgan fingerprint density at radius 1 is 1.26 bits per heavy atom. The van der Waals surface area contributed by atoms with Gasteiger partial charge in [-0.3, -0.25) is 14.5 Å². The molecule has 2 heterocycles. The minimum atomic E-state index is -0.385. The molecule has 0 aliphatic carbocycles. The SMILES string of the molecule is CN1CCN(C(=O)c2c[nH]c(=O)c(Cl)c2)C[C@H]1c1ccccc1. The van der Waals surface area contributed by atoms with Crippen molar-refractivity contribution in [2.75, 3.05) is 26.7 Å². The van der Waals surface area contributed by atoms with Gasteiger partial charge in [-0.25, -0.2) is 0 Å². The van der Waals surface area contributed by atoms with E-state index in [2.05, 4.69) is 29.1 Å². The molecule has 1 amide bonds. The Bertz CT molecular complexity index is 760. The summed E-state index contributed by atoms with van der Waals surface area (Å²) in [5.74, 6) is -0.114. The maximum absolute atomic E-state index is 12.7. The highest BCUT2D eigenvalue weighted by molar-refractivity contribution is 6.30. The number of hydrogen-bond donors (Lipinski definition) is 1. The number of aromatic amines is 1. The highest BCUT2D eigenvalue weighted by Gasteiger charge is 2.29. The Balaban J connectivity index is 1.81. The zero-order chi connectivity index (χ0) is 16.4. The van der Waals surface area contributed by atoms with Gasteiger partial charge in [0.25, 0.3) is 11.5 Å². The van der Waals surface area contributed by atoms with Crippen molar-refractivity contribution in [2.45, 2.75) is 6.04 Å². The van der Waals surface area contributed by atoms with Crippen molar-refractivity contribution in [1.29, 1.82) is 0 Å². The maximum atomic E-state index is 12.7. The van der Waals surface area contributed by atoms with Crippen molar-refractivity contribution >= 4 is 17.5 Å². The van der Waals surface area contributed by atoms with Gasteiger partial charge in [0.1, 0.15) is 5.02 Å². The van der Waals surface area contributed by atoms with Crippen LogP contribution >= 0.6 is 11.6 Å². The van der Waals surface area contributed by atoms with Crippen LogP contribution in [0.2, 0.25) is 5.02 Å². The number of amides is 1. The van der Waals surface area contributed by atoms with E-state index in [4.69, 9.17) is 11.6 Å². The molecule has 0 unspecified atom stereocenters. The first-order valence-electron chi connectivity index (χ1n) is 7.49. The number of aromatic nitrogens is 1. The zero-order valence-corrected chi connectivity index (χ0v) is 13.6. The normalized spacial score (nSPS) is 18.9. The zero-order valence-electron chi connectivity index (χ0n) is 12.8. The Morgan fingerprint density at radius 3 is 2.70 bits per heavy atom. The van der Waals surface area contributed by atoms with Gasteiger partial charge in [-0.05, 0) is 18.7 Å². The number of carbonyl (C=O) groups is 1. The van der Waals surface area contributed by atoms with Crippen LogP contribution in [0, 0.1) is 0 Å². The lowest BCUT2D eigenvalue weighted by atomic mass is 10.0. The Hall–Kier alpha value is -2.11. The molecule has 1 saturated heterocycles. The molecule has 3 rings (SSSR count). The van der Waals surface area contributed by atoms with E-state index < -0.39 is 0 Å². The summed E-state index contributed by atoms with van der Waals surface area (Å²) in [5, 5.41) is 0.0320. The summed E-state index contributed by atoms with van der Waals surface area (Å²) in [5.41, 5.74) is 1.21. The Labute approximate surface area is 139 Å². The van der Waals surface area contributed by atoms with E-state index in [9.17, 15) is 9.59 Å². The predicted octanol–water partition coefficient (Wildman–Crippen LogP) is 2.16. The summed E-state index contributed by atoms with van der Waals surface area (Å²) in [7, 11) is 2.07. The summed E-state index contributed by atoms with van der Waals surface area (Å²) in [6, 6.07) is 11.7. The minimum Gasteiger partial charge on any atom is -0.335 e. The monoisotopic (exact) mass is 331 g/mol. The standard InChI is InChI=1S/C17H18ClN3O2/c1-20-7-8-21(11-15(20)12-5-3-2-4-6-12)17(23)13-9-14(18)16(22)19-10-13/h2-6,9-10,15H,7-8,11H2,1H3,(H,19,22)/t15-/m0/s1. The molecule has 5 nitrogen and oxygen atoms in total. The van der Waals surface area contributed by atoms with Gasteiger partial charge >= 0.3 is 0 Å². The number of hydrogen-bond acceptors (Lipinski definition) is 3. The first-order valence-corrected chi connectivity index (χ1v) is 7.87. The third-order valence-electron chi connectivity index (χ3n) is 4.22. The quantitative estimate of drug-likeness (QED) is 0.917. The summed E-state index contributed by atoms with van der Waals surface area (Å²) in [6.45, 7) is 2.05. The number of likely N-dealkylation sites (N-methyl/N-ethyl adjacent to an activating group) is 1. The number of nitrogens with one attached hydrogen (secondary N) is 1. The molecule has 1 aromatic heterocycles. The van der Waals surface area contributed by atoms with Crippen LogP contribution in [0.4, 0.5) is 0 Å². The van der Waals surface area contributed by atoms with Crippen LogP contribution in [-0.4, -0.2) is 47.4 Å². The fraction of sp³-hybridized carbons (Fsp3) is 0.294. The van der Waals surface area contributed by atoms with Gasteiger partial charge in [-0.1, -0.05) is 41.9 Å². The lowest BCUT2D eigenvalue weighted by Gasteiger charge is -2.39. The molecular formula is C17H18ClN3O2. The van der Waals surface area contributed by atoms with E-state index in [0.29, 0.717) is 18.7 Å².